The first-order valence-electron chi connectivity index (χ1n) is 8.89. The number of hydrogen-bond acceptors (Lipinski definition) is 5. The van der Waals surface area contributed by atoms with Crippen LogP contribution in [-0.2, 0) is 10.2 Å². The summed E-state index contributed by atoms with van der Waals surface area (Å²) in [7, 11) is 0. The van der Waals surface area contributed by atoms with Gasteiger partial charge in [0.05, 0.1) is 5.69 Å². The lowest BCUT2D eigenvalue weighted by Gasteiger charge is -2.20. The van der Waals surface area contributed by atoms with E-state index in [2.05, 4.69) is 36.1 Å². The van der Waals surface area contributed by atoms with Crippen molar-refractivity contribution in [2.24, 2.45) is 0 Å². The van der Waals surface area contributed by atoms with Crippen LogP contribution >= 0.6 is 11.8 Å². The fourth-order valence-electron chi connectivity index (χ4n) is 2.40. The average Bonchev–Trinajstić information content (AvgIpc) is 2.60. The molecule has 0 saturated carbocycles. The highest BCUT2D eigenvalue weighted by Gasteiger charge is 2.16. The monoisotopic (exact) mass is 373 g/mol. The molecule has 0 spiro atoms. The van der Waals surface area contributed by atoms with Gasteiger partial charge in [0.2, 0.25) is 5.91 Å². The Hall–Kier alpha value is -2.08. The van der Waals surface area contributed by atoms with Gasteiger partial charge in [0.25, 0.3) is 0 Å². The summed E-state index contributed by atoms with van der Waals surface area (Å²) in [6.07, 6.45) is 6.74. The van der Waals surface area contributed by atoms with Gasteiger partial charge in [0.1, 0.15) is 5.75 Å². The summed E-state index contributed by atoms with van der Waals surface area (Å²) in [6, 6.07) is 7.18. The largest absolute Gasteiger partial charge is 0.506 e. The zero-order valence-electron chi connectivity index (χ0n) is 15.7. The van der Waals surface area contributed by atoms with E-state index in [4.69, 9.17) is 0 Å². The maximum atomic E-state index is 12.1. The maximum Gasteiger partial charge on any atom is 0.224 e. The Balaban J connectivity index is 1.70. The SMILES string of the molecule is CC(C)(C)c1ccc(O)c(NC(=O)CCCCCSc2ncccn2)c1. The molecule has 0 unspecified atom stereocenters. The molecule has 1 aromatic heterocycles. The molecule has 2 rings (SSSR count). The summed E-state index contributed by atoms with van der Waals surface area (Å²) in [5.41, 5.74) is 1.53. The second-order valence-electron chi connectivity index (χ2n) is 7.22. The first kappa shape index (κ1) is 20.2. The van der Waals surface area contributed by atoms with E-state index in [1.54, 1.807) is 36.3 Å². The molecule has 5 nitrogen and oxygen atoms in total. The number of phenolic OH excluding ortho intramolecular Hbond substituents is 1. The summed E-state index contributed by atoms with van der Waals surface area (Å²) >= 11 is 1.63. The fraction of sp³-hybridized carbons (Fsp3) is 0.450. The number of anilines is 1. The molecule has 0 aliphatic carbocycles. The number of phenols is 1. The molecule has 0 fully saturated rings. The van der Waals surface area contributed by atoms with Crippen LogP contribution in [0.5, 0.6) is 5.75 Å². The fourth-order valence-corrected chi connectivity index (χ4v) is 3.21. The quantitative estimate of drug-likeness (QED) is 0.302. The third kappa shape index (κ3) is 6.67. The summed E-state index contributed by atoms with van der Waals surface area (Å²) in [5.74, 6) is 0.982. The number of carbonyl (C=O) groups is 1. The first-order valence-corrected chi connectivity index (χ1v) is 9.88. The van der Waals surface area contributed by atoms with Crippen molar-refractivity contribution >= 4 is 23.4 Å². The summed E-state index contributed by atoms with van der Waals surface area (Å²) < 4.78 is 0. The normalized spacial score (nSPS) is 11.3. The lowest BCUT2D eigenvalue weighted by atomic mass is 9.87. The van der Waals surface area contributed by atoms with Gasteiger partial charge < -0.3 is 10.4 Å². The highest BCUT2D eigenvalue weighted by atomic mass is 32.2. The lowest BCUT2D eigenvalue weighted by molar-refractivity contribution is -0.116. The molecule has 1 amide bonds. The molecule has 0 radical (unpaired) electrons. The molecule has 6 heteroatoms. The standard InChI is InChI=1S/C20H27N3O2S/c1-20(2,3)15-9-10-17(24)16(14-15)23-18(25)8-5-4-6-13-26-19-21-11-7-12-22-19/h7,9-12,14,24H,4-6,8,13H2,1-3H3,(H,23,25). The van der Waals surface area contributed by atoms with E-state index in [0.29, 0.717) is 12.1 Å². The van der Waals surface area contributed by atoms with Crippen LogP contribution in [0.2, 0.25) is 0 Å². The number of aromatic nitrogens is 2. The maximum absolute atomic E-state index is 12.1. The van der Waals surface area contributed by atoms with Gasteiger partial charge in [-0.25, -0.2) is 9.97 Å². The van der Waals surface area contributed by atoms with Gasteiger partial charge in [0, 0.05) is 24.6 Å². The minimum absolute atomic E-state index is 0.0344. The van der Waals surface area contributed by atoms with Gasteiger partial charge in [-0.3, -0.25) is 4.79 Å². The van der Waals surface area contributed by atoms with Crippen molar-refractivity contribution in [2.75, 3.05) is 11.1 Å². The Kier molecular flexibility index (Phi) is 7.45. The van der Waals surface area contributed by atoms with Crippen molar-refractivity contribution in [3.8, 4) is 5.75 Å². The van der Waals surface area contributed by atoms with Crippen molar-refractivity contribution in [2.45, 2.75) is 57.0 Å². The molecule has 0 bridgehead atoms. The molecule has 1 aromatic carbocycles. The van der Waals surface area contributed by atoms with Crippen LogP contribution in [0.4, 0.5) is 5.69 Å². The first-order chi connectivity index (χ1) is 12.4. The Morgan fingerprint density at radius 2 is 1.88 bits per heavy atom. The van der Waals surface area contributed by atoms with Gasteiger partial charge in [-0.15, -0.1) is 0 Å². The van der Waals surface area contributed by atoms with Crippen LogP contribution in [0.15, 0.2) is 41.8 Å². The van der Waals surface area contributed by atoms with Gasteiger partial charge in [-0.05, 0) is 42.0 Å². The van der Waals surface area contributed by atoms with E-state index in [1.165, 1.54) is 0 Å². The number of hydrogen-bond donors (Lipinski definition) is 2. The van der Waals surface area contributed by atoms with Crippen LogP contribution in [0.25, 0.3) is 0 Å². The van der Waals surface area contributed by atoms with Crippen LogP contribution in [0.1, 0.15) is 52.0 Å². The van der Waals surface area contributed by atoms with E-state index in [1.807, 2.05) is 12.1 Å². The molecule has 0 aliphatic rings. The van der Waals surface area contributed by atoms with E-state index in [9.17, 15) is 9.90 Å². The number of amides is 1. The Morgan fingerprint density at radius 3 is 2.58 bits per heavy atom. The van der Waals surface area contributed by atoms with Crippen molar-refractivity contribution in [3.63, 3.8) is 0 Å². The van der Waals surface area contributed by atoms with E-state index in [0.717, 1.165) is 35.7 Å². The van der Waals surface area contributed by atoms with Crippen molar-refractivity contribution in [1.82, 2.24) is 9.97 Å². The molecule has 0 aliphatic heterocycles. The zero-order valence-corrected chi connectivity index (χ0v) is 16.5. The third-order valence-corrected chi connectivity index (χ3v) is 4.92. The molecule has 0 saturated heterocycles. The number of benzene rings is 1. The molecular weight excluding hydrogens is 346 g/mol. The van der Waals surface area contributed by atoms with Crippen molar-refractivity contribution in [1.29, 1.82) is 0 Å². The van der Waals surface area contributed by atoms with Gasteiger partial charge in [0.15, 0.2) is 5.16 Å². The Morgan fingerprint density at radius 1 is 1.15 bits per heavy atom. The highest BCUT2D eigenvalue weighted by Crippen LogP contribution is 2.30. The van der Waals surface area contributed by atoms with Crippen molar-refractivity contribution < 1.29 is 9.90 Å². The predicted octanol–water partition coefficient (Wildman–Crippen LogP) is 4.77. The summed E-state index contributed by atoms with van der Waals surface area (Å²) in [6.45, 7) is 6.30. The van der Waals surface area contributed by atoms with E-state index < -0.39 is 0 Å². The Bertz CT molecular complexity index is 715. The number of thioether (sulfide) groups is 1. The highest BCUT2D eigenvalue weighted by molar-refractivity contribution is 7.99. The average molecular weight is 374 g/mol. The third-order valence-electron chi connectivity index (χ3n) is 3.96. The molecular formula is C20H27N3O2S. The Labute approximate surface area is 159 Å². The zero-order chi connectivity index (χ0) is 19.0. The minimum atomic E-state index is -0.0644. The van der Waals surface area contributed by atoms with Gasteiger partial charge >= 0.3 is 0 Å². The number of carbonyl (C=O) groups excluding carboxylic acids is 1. The number of rotatable bonds is 8. The topological polar surface area (TPSA) is 75.1 Å². The van der Waals surface area contributed by atoms with E-state index in [-0.39, 0.29) is 17.1 Å². The molecule has 26 heavy (non-hydrogen) atoms. The second-order valence-corrected chi connectivity index (χ2v) is 8.28. The van der Waals surface area contributed by atoms with Crippen LogP contribution in [-0.4, -0.2) is 26.7 Å². The summed E-state index contributed by atoms with van der Waals surface area (Å²) in [5, 5.41) is 13.6. The number of aromatic hydroxyl groups is 1. The number of unbranched alkanes of at least 4 members (excludes halogenated alkanes) is 2. The molecule has 2 aromatic rings. The van der Waals surface area contributed by atoms with E-state index >= 15 is 0 Å². The van der Waals surface area contributed by atoms with Gasteiger partial charge in [-0.2, -0.15) is 0 Å². The lowest BCUT2D eigenvalue weighted by Crippen LogP contribution is -2.14. The van der Waals surface area contributed by atoms with Crippen LogP contribution in [0, 0.1) is 0 Å². The number of nitrogens with zero attached hydrogens (tertiary/aromatic N) is 2. The van der Waals surface area contributed by atoms with Crippen LogP contribution in [0.3, 0.4) is 0 Å². The minimum Gasteiger partial charge on any atom is -0.506 e. The molecule has 140 valence electrons. The van der Waals surface area contributed by atoms with Crippen molar-refractivity contribution in [3.05, 3.63) is 42.2 Å². The smallest absolute Gasteiger partial charge is 0.224 e. The molecule has 1 heterocycles. The van der Waals surface area contributed by atoms with Crippen LogP contribution < -0.4 is 5.32 Å². The molecule has 0 atom stereocenters. The number of nitrogens with one attached hydrogen (secondary N) is 1. The second kappa shape index (κ2) is 9.57. The predicted molar refractivity (Wildman–Crippen MR) is 107 cm³/mol. The molecule has 2 N–H and O–H groups in total. The van der Waals surface area contributed by atoms with Gasteiger partial charge in [-0.1, -0.05) is 45.0 Å². The summed E-state index contributed by atoms with van der Waals surface area (Å²) in [4.78, 5) is 20.5.